The number of halogens is 2. The van der Waals surface area contributed by atoms with E-state index < -0.39 is 0 Å². The van der Waals surface area contributed by atoms with Crippen molar-refractivity contribution in [2.45, 2.75) is 13.3 Å². The van der Waals surface area contributed by atoms with Crippen molar-refractivity contribution in [1.29, 1.82) is 0 Å². The molecule has 3 rings (SSSR count). The molecule has 0 saturated carbocycles. The topological polar surface area (TPSA) is 61.4 Å². The molecule has 1 aliphatic rings. The van der Waals surface area contributed by atoms with Crippen molar-refractivity contribution in [3.63, 3.8) is 0 Å². The van der Waals surface area contributed by atoms with Gasteiger partial charge in [-0.3, -0.25) is 9.59 Å². The monoisotopic (exact) mass is 377 g/mol. The molecule has 5 nitrogen and oxygen atoms in total. The SMILES string of the molecule is CC(=O)N1CCc2cc(NC(=O)CNc3ccc(Cl)c(Cl)c3)ccc21. The molecule has 1 aliphatic heterocycles. The number of carbonyl (C=O) groups excluding carboxylic acids is 2. The molecule has 130 valence electrons. The van der Waals surface area contributed by atoms with Crippen molar-refractivity contribution in [1.82, 2.24) is 0 Å². The van der Waals surface area contributed by atoms with E-state index in [0.717, 1.165) is 23.4 Å². The van der Waals surface area contributed by atoms with Crippen LogP contribution in [0.3, 0.4) is 0 Å². The van der Waals surface area contributed by atoms with Crippen molar-refractivity contribution in [3.05, 3.63) is 52.0 Å². The summed E-state index contributed by atoms with van der Waals surface area (Å²) in [6.45, 7) is 2.34. The number of hydrogen-bond donors (Lipinski definition) is 2. The Bertz CT molecular complexity index is 839. The molecule has 0 radical (unpaired) electrons. The lowest BCUT2D eigenvalue weighted by Crippen LogP contribution is -2.25. The molecule has 2 aromatic carbocycles. The Balaban J connectivity index is 1.60. The van der Waals surface area contributed by atoms with E-state index in [1.54, 1.807) is 36.1 Å². The van der Waals surface area contributed by atoms with E-state index in [0.29, 0.717) is 22.3 Å². The summed E-state index contributed by atoms with van der Waals surface area (Å²) in [5, 5.41) is 6.75. The first-order valence-electron chi connectivity index (χ1n) is 7.84. The van der Waals surface area contributed by atoms with Gasteiger partial charge in [0.15, 0.2) is 0 Å². The van der Waals surface area contributed by atoms with Crippen LogP contribution in [0.5, 0.6) is 0 Å². The lowest BCUT2D eigenvalue weighted by atomic mass is 10.1. The van der Waals surface area contributed by atoms with E-state index in [2.05, 4.69) is 10.6 Å². The molecule has 0 spiro atoms. The summed E-state index contributed by atoms with van der Waals surface area (Å²) in [5.74, 6) is -0.145. The average Bonchev–Trinajstić information content (AvgIpc) is 2.99. The van der Waals surface area contributed by atoms with Crippen LogP contribution in [0.4, 0.5) is 17.1 Å². The number of benzene rings is 2. The van der Waals surface area contributed by atoms with Crippen LogP contribution in [0.1, 0.15) is 12.5 Å². The number of hydrogen-bond acceptors (Lipinski definition) is 3. The molecule has 0 aliphatic carbocycles. The number of rotatable bonds is 4. The van der Waals surface area contributed by atoms with Crippen molar-refractivity contribution in [2.75, 3.05) is 28.6 Å². The van der Waals surface area contributed by atoms with Gasteiger partial charge in [0.25, 0.3) is 0 Å². The fourth-order valence-corrected chi connectivity index (χ4v) is 3.10. The van der Waals surface area contributed by atoms with Gasteiger partial charge >= 0.3 is 0 Å². The van der Waals surface area contributed by atoms with Gasteiger partial charge in [-0.1, -0.05) is 23.2 Å². The van der Waals surface area contributed by atoms with Gasteiger partial charge in [0, 0.05) is 30.5 Å². The first-order valence-corrected chi connectivity index (χ1v) is 8.59. The summed E-state index contributed by atoms with van der Waals surface area (Å²) in [7, 11) is 0. The van der Waals surface area contributed by atoms with E-state index in [1.807, 2.05) is 12.1 Å². The first kappa shape index (κ1) is 17.6. The van der Waals surface area contributed by atoms with Gasteiger partial charge in [0.1, 0.15) is 0 Å². The zero-order valence-electron chi connectivity index (χ0n) is 13.6. The minimum atomic E-state index is -0.174. The van der Waals surface area contributed by atoms with Gasteiger partial charge in [-0.25, -0.2) is 0 Å². The fraction of sp³-hybridized carbons (Fsp3) is 0.222. The van der Waals surface area contributed by atoms with Crippen molar-refractivity contribution in [2.24, 2.45) is 0 Å². The normalized spacial score (nSPS) is 12.7. The molecule has 2 N–H and O–H groups in total. The summed E-state index contributed by atoms with van der Waals surface area (Å²) in [6, 6.07) is 10.7. The molecule has 0 fully saturated rings. The van der Waals surface area contributed by atoms with E-state index >= 15 is 0 Å². The van der Waals surface area contributed by atoms with Crippen LogP contribution in [0.15, 0.2) is 36.4 Å². The molecule has 0 atom stereocenters. The highest BCUT2D eigenvalue weighted by Crippen LogP contribution is 2.30. The van der Waals surface area contributed by atoms with Crippen molar-refractivity contribution in [3.8, 4) is 0 Å². The molecular formula is C18H17Cl2N3O2. The summed E-state index contributed by atoms with van der Waals surface area (Å²) in [5.41, 5.74) is 3.41. The van der Waals surface area contributed by atoms with Gasteiger partial charge in [-0.15, -0.1) is 0 Å². The summed E-state index contributed by atoms with van der Waals surface area (Å²) in [4.78, 5) is 25.4. The van der Waals surface area contributed by atoms with E-state index in [4.69, 9.17) is 23.2 Å². The van der Waals surface area contributed by atoms with Crippen molar-refractivity contribution >= 4 is 52.1 Å². The zero-order valence-corrected chi connectivity index (χ0v) is 15.1. The predicted octanol–water partition coefficient (Wildman–Crippen LogP) is 3.95. The molecule has 2 amide bonds. The van der Waals surface area contributed by atoms with Crippen LogP contribution in [0, 0.1) is 0 Å². The van der Waals surface area contributed by atoms with Gasteiger partial charge < -0.3 is 15.5 Å². The number of fused-ring (bicyclic) bond motifs is 1. The van der Waals surface area contributed by atoms with Crippen molar-refractivity contribution < 1.29 is 9.59 Å². The van der Waals surface area contributed by atoms with Crippen LogP contribution >= 0.6 is 23.2 Å². The Morgan fingerprint density at radius 1 is 1.08 bits per heavy atom. The molecule has 0 bridgehead atoms. The van der Waals surface area contributed by atoms with E-state index in [-0.39, 0.29) is 18.4 Å². The lowest BCUT2D eigenvalue weighted by Gasteiger charge is -2.15. The van der Waals surface area contributed by atoms with Crippen LogP contribution in [0.2, 0.25) is 10.0 Å². The summed E-state index contributed by atoms with van der Waals surface area (Å²) in [6.07, 6.45) is 0.792. The maximum atomic E-state index is 12.1. The Hall–Kier alpha value is -2.24. The molecule has 2 aromatic rings. The fourth-order valence-electron chi connectivity index (χ4n) is 2.80. The number of anilines is 3. The van der Waals surface area contributed by atoms with Crippen LogP contribution in [0.25, 0.3) is 0 Å². The Morgan fingerprint density at radius 2 is 1.84 bits per heavy atom. The summed E-state index contributed by atoms with van der Waals surface area (Å²) >= 11 is 11.8. The molecule has 0 aromatic heterocycles. The van der Waals surface area contributed by atoms with Crippen LogP contribution < -0.4 is 15.5 Å². The van der Waals surface area contributed by atoms with Gasteiger partial charge in [0.2, 0.25) is 11.8 Å². The van der Waals surface area contributed by atoms with Gasteiger partial charge in [-0.05, 0) is 48.4 Å². The molecule has 0 saturated heterocycles. The lowest BCUT2D eigenvalue weighted by molar-refractivity contribution is -0.116. The highest BCUT2D eigenvalue weighted by atomic mass is 35.5. The molecule has 0 unspecified atom stereocenters. The third-order valence-corrected chi connectivity index (χ3v) is 4.75. The molecule has 7 heteroatoms. The van der Waals surface area contributed by atoms with Gasteiger partial charge in [-0.2, -0.15) is 0 Å². The minimum Gasteiger partial charge on any atom is -0.376 e. The third-order valence-electron chi connectivity index (χ3n) is 4.01. The Morgan fingerprint density at radius 3 is 2.56 bits per heavy atom. The summed E-state index contributed by atoms with van der Waals surface area (Å²) < 4.78 is 0. The van der Waals surface area contributed by atoms with E-state index in [1.165, 1.54) is 0 Å². The predicted molar refractivity (Wildman–Crippen MR) is 102 cm³/mol. The van der Waals surface area contributed by atoms with Crippen LogP contribution in [-0.2, 0) is 16.0 Å². The minimum absolute atomic E-state index is 0.0290. The maximum Gasteiger partial charge on any atom is 0.243 e. The second kappa shape index (κ2) is 7.33. The molecule has 25 heavy (non-hydrogen) atoms. The number of nitrogens with one attached hydrogen (secondary N) is 2. The van der Waals surface area contributed by atoms with Gasteiger partial charge in [0.05, 0.1) is 16.6 Å². The standard InChI is InChI=1S/C18H17Cl2N3O2/c1-11(24)23-7-6-12-8-14(3-5-17(12)23)22-18(25)10-21-13-2-4-15(19)16(20)9-13/h2-5,8-9,21H,6-7,10H2,1H3,(H,22,25). The molecule has 1 heterocycles. The second-order valence-electron chi connectivity index (χ2n) is 5.79. The largest absolute Gasteiger partial charge is 0.376 e. The third kappa shape index (κ3) is 4.06. The Labute approximate surface area is 155 Å². The highest BCUT2D eigenvalue weighted by Gasteiger charge is 2.22. The highest BCUT2D eigenvalue weighted by molar-refractivity contribution is 6.42. The zero-order chi connectivity index (χ0) is 18.0. The number of carbonyl (C=O) groups is 2. The quantitative estimate of drug-likeness (QED) is 0.847. The van der Waals surface area contributed by atoms with Crippen LogP contribution in [-0.4, -0.2) is 24.9 Å². The van der Waals surface area contributed by atoms with E-state index in [9.17, 15) is 9.59 Å². The smallest absolute Gasteiger partial charge is 0.243 e. The molecular weight excluding hydrogens is 361 g/mol. The first-order chi connectivity index (χ1) is 11.9. The number of amides is 2. The Kier molecular flexibility index (Phi) is 5.16. The average molecular weight is 378 g/mol. The maximum absolute atomic E-state index is 12.1. The second-order valence-corrected chi connectivity index (χ2v) is 6.61. The number of nitrogens with zero attached hydrogens (tertiary/aromatic N) is 1.